The number of carbonyl (C=O) groups is 2. The third-order valence-electron chi connectivity index (χ3n) is 4.94. The van der Waals surface area contributed by atoms with Crippen molar-refractivity contribution >= 4 is 17.8 Å². The summed E-state index contributed by atoms with van der Waals surface area (Å²) in [7, 11) is 0. The highest BCUT2D eigenvalue weighted by atomic mass is 16.5. The van der Waals surface area contributed by atoms with Crippen LogP contribution in [-0.4, -0.2) is 92.2 Å². The number of nitrogens with zero attached hydrogens (tertiary/aromatic N) is 2. The Morgan fingerprint density at radius 1 is 1.24 bits per heavy atom. The minimum Gasteiger partial charge on any atom is -0.388 e. The van der Waals surface area contributed by atoms with E-state index >= 15 is 0 Å². The molecule has 0 aromatic carbocycles. The molecule has 16 nitrogen and oxygen atoms in total. The van der Waals surface area contributed by atoms with E-state index < -0.39 is 53.5 Å². The standard InChI is InChI=1S/C17H28N8O8/c18-10(26)2-1-8(25(32)4-3-21-16(19)20)15(30)22-6-9-11(27)12(28)13(33-9)7-5-23-17(31)24-14(7)29/h5,8-9,11-13,27-28,32H,1-4,6H2,(H2,18,26)(H,22,30)(H4,19,20,21)(H2,23,24,29,31)/t8-,9+,11+,12+,13-/m0/s1. The van der Waals surface area contributed by atoms with Gasteiger partial charge in [0.2, 0.25) is 11.8 Å². The fraction of sp³-hybridized carbons (Fsp3) is 0.588. The molecule has 0 bridgehead atoms. The maximum absolute atomic E-state index is 12.6. The summed E-state index contributed by atoms with van der Waals surface area (Å²) in [5.41, 5.74) is 13.9. The van der Waals surface area contributed by atoms with Crippen LogP contribution in [0.1, 0.15) is 24.5 Å². The van der Waals surface area contributed by atoms with Gasteiger partial charge in [0.1, 0.15) is 30.5 Å². The quantitative estimate of drug-likeness (QED) is 0.0834. The molecule has 1 fully saturated rings. The minimum absolute atomic E-state index is 0.0226. The van der Waals surface area contributed by atoms with Gasteiger partial charge < -0.3 is 47.7 Å². The number of ether oxygens (including phenoxy) is 1. The van der Waals surface area contributed by atoms with Gasteiger partial charge in [-0.05, 0) is 6.42 Å². The van der Waals surface area contributed by atoms with Crippen molar-refractivity contribution in [3.63, 3.8) is 0 Å². The SMILES string of the molecule is NC(=O)CC[C@@H](C(=O)NC[C@H]1O[C@@H](c2c[nH]c(=O)[nH]c2=O)[C@H](O)[C@@H]1O)N(O)CCN=C(N)N. The zero-order valence-corrected chi connectivity index (χ0v) is 17.5. The van der Waals surface area contributed by atoms with Crippen molar-refractivity contribution in [3.05, 3.63) is 32.6 Å². The molecular weight excluding hydrogens is 444 g/mol. The molecule has 1 aromatic heterocycles. The largest absolute Gasteiger partial charge is 0.388 e. The first-order chi connectivity index (χ1) is 15.5. The number of amides is 2. The number of hydrogen-bond donors (Lipinski definition) is 9. The number of rotatable bonds is 11. The second-order valence-corrected chi connectivity index (χ2v) is 7.34. The highest BCUT2D eigenvalue weighted by Gasteiger charge is 2.44. The van der Waals surface area contributed by atoms with E-state index in [2.05, 4.69) is 15.3 Å². The lowest BCUT2D eigenvalue weighted by Gasteiger charge is -2.25. The molecule has 12 N–H and O–H groups in total. The van der Waals surface area contributed by atoms with E-state index in [4.69, 9.17) is 21.9 Å². The molecule has 0 radical (unpaired) electrons. The predicted molar refractivity (Wildman–Crippen MR) is 112 cm³/mol. The van der Waals surface area contributed by atoms with Crippen LogP contribution < -0.4 is 33.8 Å². The van der Waals surface area contributed by atoms with Crippen molar-refractivity contribution in [1.29, 1.82) is 0 Å². The minimum atomic E-state index is -1.52. The van der Waals surface area contributed by atoms with Crippen LogP contribution in [0.3, 0.4) is 0 Å². The number of aromatic amines is 2. The van der Waals surface area contributed by atoms with E-state index in [0.717, 1.165) is 6.20 Å². The fourth-order valence-electron chi connectivity index (χ4n) is 3.26. The normalized spacial score (nSPS) is 23.3. The second kappa shape index (κ2) is 11.5. The number of aliphatic hydroxyl groups excluding tert-OH is 2. The van der Waals surface area contributed by atoms with Gasteiger partial charge in [0.15, 0.2) is 5.96 Å². The number of guanidine groups is 1. The highest BCUT2D eigenvalue weighted by molar-refractivity contribution is 5.82. The van der Waals surface area contributed by atoms with Gasteiger partial charge in [0, 0.05) is 25.7 Å². The van der Waals surface area contributed by atoms with Crippen molar-refractivity contribution in [1.82, 2.24) is 20.3 Å². The molecule has 1 saturated heterocycles. The number of aromatic nitrogens is 2. The van der Waals surface area contributed by atoms with Gasteiger partial charge in [0.25, 0.3) is 5.56 Å². The molecule has 0 saturated carbocycles. The average Bonchev–Trinajstić information content (AvgIpc) is 3.00. The molecule has 0 aliphatic carbocycles. The van der Waals surface area contributed by atoms with Crippen LogP contribution in [0.2, 0.25) is 0 Å². The average molecular weight is 472 g/mol. The molecule has 5 atom stereocenters. The van der Waals surface area contributed by atoms with E-state index in [1.807, 2.05) is 4.98 Å². The van der Waals surface area contributed by atoms with Crippen molar-refractivity contribution in [2.45, 2.75) is 43.3 Å². The molecule has 2 heterocycles. The van der Waals surface area contributed by atoms with E-state index in [1.54, 1.807) is 0 Å². The highest BCUT2D eigenvalue weighted by Crippen LogP contribution is 2.31. The smallest absolute Gasteiger partial charge is 0.325 e. The van der Waals surface area contributed by atoms with Crippen LogP contribution in [0.5, 0.6) is 0 Å². The lowest BCUT2D eigenvalue weighted by atomic mass is 10.0. The summed E-state index contributed by atoms with van der Waals surface area (Å²) in [5, 5.41) is 33.9. The third kappa shape index (κ3) is 7.09. The number of hydrogen-bond acceptors (Lipinski definition) is 10. The summed E-state index contributed by atoms with van der Waals surface area (Å²) in [6.07, 6.45) is -4.63. The van der Waals surface area contributed by atoms with E-state index in [9.17, 15) is 34.6 Å². The summed E-state index contributed by atoms with van der Waals surface area (Å²) in [6.45, 7) is -0.456. The lowest BCUT2D eigenvalue weighted by Crippen LogP contribution is -2.49. The molecular formula is C17H28N8O8. The molecule has 1 aliphatic heterocycles. The summed E-state index contributed by atoms with van der Waals surface area (Å²) in [6, 6.07) is -1.20. The van der Waals surface area contributed by atoms with E-state index in [0.29, 0.717) is 5.06 Å². The zero-order chi connectivity index (χ0) is 24.7. The van der Waals surface area contributed by atoms with Gasteiger partial charge in [0.05, 0.1) is 12.1 Å². The summed E-state index contributed by atoms with van der Waals surface area (Å²) in [5.74, 6) is -1.61. The van der Waals surface area contributed by atoms with Gasteiger partial charge >= 0.3 is 5.69 Å². The van der Waals surface area contributed by atoms with Gasteiger partial charge in [-0.25, -0.2) is 4.79 Å². The Morgan fingerprint density at radius 2 is 1.94 bits per heavy atom. The maximum atomic E-state index is 12.6. The first-order valence-electron chi connectivity index (χ1n) is 9.91. The van der Waals surface area contributed by atoms with E-state index in [1.165, 1.54) is 0 Å². The molecule has 33 heavy (non-hydrogen) atoms. The Hall–Kier alpha value is -3.31. The maximum Gasteiger partial charge on any atom is 0.325 e. The van der Waals surface area contributed by atoms with Gasteiger partial charge in [-0.1, -0.05) is 0 Å². The van der Waals surface area contributed by atoms with Crippen LogP contribution >= 0.6 is 0 Å². The number of nitrogens with one attached hydrogen (secondary N) is 3. The Morgan fingerprint density at radius 3 is 2.55 bits per heavy atom. The predicted octanol–water partition coefficient (Wildman–Crippen LogP) is -5.06. The monoisotopic (exact) mass is 472 g/mol. The summed E-state index contributed by atoms with van der Waals surface area (Å²) < 4.78 is 5.52. The number of carbonyl (C=O) groups excluding carboxylic acids is 2. The van der Waals surface area contributed by atoms with Crippen molar-refractivity contribution in [2.24, 2.45) is 22.2 Å². The fourth-order valence-corrected chi connectivity index (χ4v) is 3.26. The molecule has 16 heteroatoms. The topological polar surface area (TPSA) is 275 Å². The lowest BCUT2D eigenvalue weighted by molar-refractivity contribution is -0.156. The molecule has 184 valence electrons. The number of hydroxylamine groups is 2. The van der Waals surface area contributed by atoms with Crippen molar-refractivity contribution in [2.75, 3.05) is 19.6 Å². The third-order valence-corrected chi connectivity index (χ3v) is 4.94. The molecule has 2 amide bonds. The number of primary amides is 1. The van der Waals surface area contributed by atoms with Crippen LogP contribution in [0.4, 0.5) is 0 Å². The Bertz CT molecular complexity index is 974. The molecule has 1 aliphatic rings. The van der Waals surface area contributed by atoms with Crippen LogP contribution in [0.15, 0.2) is 20.8 Å². The summed E-state index contributed by atoms with van der Waals surface area (Å²) >= 11 is 0. The number of aliphatic imine (C=N–C) groups is 1. The van der Waals surface area contributed by atoms with Crippen LogP contribution in [0.25, 0.3) is 0 Å². The molecule has 2 rings (SSSR count). The summed E-state index contributed by atoms with van der Waals surface area (Å²) in [4.78, 5) is 54.8. The van der Waals surface area contributed by atoms with Gasteiger partial charge in [-0.3, -0.25) is 24.4 Å². The second-order valence-electron chi connectivity index (χ2n) is 7.34. The molecule has 1 aromatic rings. The number of nitrogens with two attached hydrogens (primary N) is 3. The Balaban J connectivity index is 2.03. The van der Waals surface area contributed by atoms with Gasteiger partial charge in [-0.15, -0.1) is 0 Å². The number of H-pyrrole nitrogens is 2. The molecule has 0 spiro atoms. The Kier molecular flexibility index (Phi) is 9.06. The first-order valence-corrected chi connectivity index (χ1v) is 9.91. The Labute approximate surface area is 186 Å². The van der Waals surface area contributed by atoms with Crippen LogP contribution in [0, 0.1) is 0 Å². The van der Waals surface area contributed by atoms with Crippen molar-refractivity contribution in [3.8, 4) is 0 Å². The van der Waals surface area contributed by atoms with E-state index in [-0.39, 0.29) is 44.0 Å². The molecule has 0 unspecified atom stereocenters. The van der Waals surface area contributed by atoms with Gasteiger partial charge in [-0.2, -0.15) is 5.06 Å². The first kappa shape index (κ1) is 25.9. The number of aliphatic hydroxyl groups is 2. The van der Waals surface area contributed by atoms with Crippen LogP contribution in [-0.2, 0) is 14.3 Å². The van der Waals surface area contributed by atoms with Crippen molar-refractivity contribution < 1.29 is 29.7 Å². The zero-order valence-electron chi connectivity index (χ0n) is 17.5.